The number of amidine groups is 1. The van der Waals surface area contributed by atoms with Crippen LogP contribution in [-0.2, 0) is 9.53 Å². The molecule has 0 aromatic carbocycles. The Balaban J connectivity index is 3.41. The summed E-state index contributed by atoms with van der Waals surface area (Å²) in [6, 6.07) is -0.239. The van der Waals surface area contributed by atoms with Crippen LogP contribution >= 0.6 is 0 Å². The first kappa shape index (κ1) is 12.7. The van der Waals surface area contributed by atoms with Crippen LogP contribution in [0.3, 0.4) is 0 Å². The zero-order chi connectivity index (χ0) is 11.0. The Bertz CT molecular complexity index is 207. The maximum atomic E-state index is 10.3. The Morgan fingerprint density at radius 3 is 2.79 bits per heavy atom. The summed E-state index contributed by atoms with van der Waals surface area (Å²) in [5.41, 5.74) is 10.1. The minimum absolute atomic E-state index is 0.0971. The second-order valence-electron chi connectivity index (χ2n) is 2.72. The van der Waals surface area contributed by atoms with Crippen molar-refractivity contribution in [1.82, 2.24) is 5.32 Å². The molecule has 0 spiro atoms. The predicted octanol–water partition coefficient (Wildman–Crippen LogP) is -1.79. The van der Waals surface area contributed by atoms with E-state index in [-0.39, 0.29) is 18.5 Å². The zero-order valence-electron chi connectivity index (χ0n) is 8.06. The molecule has 0 radical (unpaired) electrons. The molecule has 0 saturated heterocycles. The van der Waals surface area contributed by atoms with Crippen molar-refractivity contribution in [1.29, 1.82) is 0 Å². The maximum absolute atomic E-state index is 10.3. The van der Waals surface area contributed by atoms with Gasteiger partial charge in [-0.05, 0) is 6.92 Å². The van der Waals surface area contributed by atoms with Crippen LogP contribution in [0.25, 0.3) is 0 Å². The summed E-state index contributed by atoms with van der Waals surface area (Å²) in [5, 5.41) is 14.1. The lowest BCUT2D eigenvalue weighted by Crippen LogP contribution is -2.40. The number of nitrogens with two attached hydrogens (primary N) is 2. The molecule has 7 nitrogen and oxygen atoms in total. The number of carbonyl (C=O) groups is 1. The standard InChI is InChI=1S/C7H16N4O3/c1-5(7(9)11-13)10-2-3-14-4-6(8)12/h5,10,13H,2-4H2,1H3,(H2,8,12)(H2,9,11). The molecular formula is C7H16N4O3. The van der Waals surface area contributed by atoms with Crippen LogP contribution in [0.1, 0.15) is 6.92 Å². The summed E-state index contributed by atoms with van der Waals surface area (Å²) >= 11 is 0. The highest BCUT2D eigenvalue weighted by atomic mass is 16.5. The molecule has 0 aliphatic rings. The number of rotatable bonds is 7. The van der Waals surface area contributed by atoms with Gasteiger partial charge in [-0.15, -0.1) is 0 Å². The van der Waals surface area contributed by atoms with Gasteiger partial charge in [0.1, 0.15) is 6.61 Å². The normalized spacial score (nSPS) is 13.9. The maximum Gasteiger partial charge on any atom is 0.243 e. The van der Waals surface area contributed by atoms with Crippen molar-refractivity contribution in [2.75, 3.05) is 19.8 Å². The fourth-order valence-electron chi connectivity index (χ4n) is 0.712. The van der Waals surface area contributed by atoms with Gasteiger partial charge < -0.3 is 26.7 Å². The third-order valence-corrected chi connectivity index (χ3v) is 1.50. The van der Waals surface area contributed by atoms with Gasteiger partial charge in [-0.1, -0.05) is 5.16 Å². The van der Waals surface area contributed by atoms with Crippen LogP contribution in [-0.4, -0.2) is 42.8 Å². The van der Waals surface area contributed by atoms with E-state index in [0.717, 1.165) is 0 Å². The molecule has 82 valence electrons. The second-order valence-corrected chi connectivity index (χ2v) is 2.72. The number of hydrogen-bond acceptors (Lipinski definition) is 5. The van der Waals surface area contributed by atoms with Gasteiger partial charge in [-0.3, -0.25) is 4.79 Å². The Morgan fingerprint density at radius 2 is 2.29 bits per heavy atom. The lowest BCUT2D eigenvalue weighted by atomic mass is 10.3. The van der Waals surface area contributed by atoms with E-state index in [1.54, 1.807) is 6.92 Å². The molecule has 7 heteroatoms. The molecule has 6 N–H and O–H groups in total. The van der Waals surface area contributed by atoms with E-state index in [1.165, 1.54) is 0 Å². The van der Waals surface area contributed by atoms with Crippen molar-refractivity contribution in [2.45, 2.75) is 13.0 Å². The first-order valence-electron chi connectivity index (χ1n) is 4.14. The Morgan fingerprint density at radius 1 is 1.64 bits per heavy atom. The van der Waals surface area contributed by atoms with E-state index >= 15 is 0 Å². The highest BCUT2D eigenvalue weighted by Crippen LogP contribution is 1.81. The largest absolute Gasteiger partial charge is 0.409 e. The van der Waals surface area contributed by atoms with Gasteiger partial charge in [0.15, 0.2) is 5.84 Å². The van der Waals surface area contributed by atoms with E-state index in [9.17, 15) is 4.79 Å². The predicted molar refractivity (Wildman–Crippen MR) is 50.9 cm³/mol. The van der Waals surface area contributed by atoms with Crippen LogP contribution in [0.15, 0.2) is 5.16 Å². The lowest BCUT2D eigenvalue weighted by Gasteiger charge is -2.11. The van der Waals surface area contributed by atoms with Gasteiger partial charge in [0, 0.05) is 6.54 Å². The molecule has 0 heterocycles. The number of primary amides is 1. The number of carbonyl (C=O) groups excluding carboxylic acids is 1. The molecule has 0 aromatic heterocycles. The van der Waals surface area contributed by atoms with Crippen LogP contribution in [0.5, 0.6) is 0 Å². The first-order chi connectivity index (χ1) is 6.57. The van der Waals surface area contributed by atoms with Crippen LogP contribution in [0, 0.1) is 0 Å². The molecule has 0 fully saturated rings. The van der Waals surface area contributed by atoms with Gasteiger partial charge >= 0.3 is 0 Å². The lowest BCUT2D eigenvalue weighted by molar-refractivity contribution is -0.122. The van der Waals surface area contributed by atoms with Crippen molar-refractivity contribution in [3.8, 4) is 0 Å². The summed E-state index contributed by atoms with van der Waals surface area (Å²) in [6.45, 7) is 2.47. The molecule has 0 aliphatic heterocycles. The van der Waals surface area contributed by atoms with E-state index < -0.39 is 5.91 Å². The fraction of sp³-hybridized carbons (Fsp3) is 0.714. The smallest absolute Gasteiger partial charge is 0.243 e. The van der Waals surface area contributed by atoms with Gasteiger partial charge in [0.2, 0.25) is 5.91 Å². The Hall–Kier alpha value is -1.34. The number of ether oxygens (including phenoxy) is 1. The molecule has 1 unspecified atom stereocenters. The number of amides is 1. The van der Waals surface area contributed by atoms with Crippen molar-refractivity contribution in [3.63, 3.8) is 0 Å². The minimum atomic E-state index is -0.505. The molecule has 14 heavy (non-hydrogen) atoms. The minimum Gasteiger partial charge on any atom is -0.409 e. The highest BCUT2D eigenvalue weighted by molar-refractivity contribution is 5.84. The van der Waals surface area contributed by atoms with E-state index in [4.69, 9.17) is 21.4 Å². The van der Waals surface area contributed by atoms with Crippen molar-refractivity contribution < 1.29 is 14.7 Å². The molecule has 0 saturated carbocycles. The van der Waals surface area contributed by atoms with Crippen LogP contribution < -0.4 is 16.8 Å². The molecule has 1 amide bonds. The van der Waals surface area contributed by atoms with E-state index in [0.29, 0.717) is 13.2 Å². The summed E-state index contributed by atoms with van der Waals surface area (Å²) in [7, 11) is 0. The third kappa shape index (κ3) is 6.21. The highest BCUT2D eigenvalue weighted by Gasteiger charge is 2.05. The number of hydrogen-bond donors (Lipinski definition) is 4. The molecule has 0 rings (SSSR count). The van der Waals surface area contributed by atoms with Gasteiger partial charge in [0.25, 0.3) is 0 Å². The molecule has 1 atom stereocenters. The number of oxime groups is 1. The fourth-order valence-corrected chi connectivity index (χ4v) is 0.712. The molecular weight excluding hydrogens is 188 g/mol. The monoisotopic (exact) mass is 204 g/mol. The average molecular weight is 204 g/mol. The Kier molecular flexibility index (Phi) is 6.42. The third-order valence-electron chi connectivity index (χ3n) is 1.50. The number of nitrogens with one attached hydrogen (secondary N) is 1. The summed E-state index contributed by atoms with van der Waals surface area (Å²) in [4.78, 5) is 10.3. The van der Waals surface area contributed by atoms with Gasteiger partial charge in [-0.2, -0.15) is 0 Å². The molecule has 0 aliphatic carbocycles. The quantitative estimate of drug-likeness (QED) is 0.128. The zero-order valence-corrected chi connectivity index (χ0v) is 8.06. The van der Waals surface area contributed by atoms with E-state index in [2.05, 4.69) is 10.5 Å². The van der Waals surface area contributed by atoms with Crippen molar-refractivity contribution in [2.24, 2.45) is 16.6 Å². The molecule has 0 bridgehead atoms. The second kappa shape index (κ2) is 7.10. The van der Waals surface area contributed by atoms with Crippen molar-refractivity contribution >= 4 is 11.7 Å². The SMILES string of the molecule is CC(NCCOCC(N)=O)C(N)=NO. The first-order valence-corrected chi connectivity index (χ1v) is 4.14. The van der Waals surface area contributed by atoms with Crippen LogP contribution in [0.2, 0.25) is 0 Å². The summed E-state index contributed by atoms with van der Waals surface area (Å²) in [5.74, 6) is -0.408. The average Bonchev–Trinajstić information content (AvgIpc) is 2.15. The molecule has 0 aromatic rings. The number of nitrogens with zero attached hydrogens (tertiary/aromatic N) is 1. The summed E-state index contributed by atoms with van der Waals surface area (Å²) in [6.07, 6.45) is 0. The Labute approximate surface area is 82.1 Å². The topological polar surface area (TPSA) is 123 Å². The summed E-state index contributed by atoms with van der Waals surface area (Å²) < 4.78 is 4.88. The van der Waals surface area contributed by atoms with Gasteiger partial charge in [-0.25, -0.2) is 0 Å². The van der Waals surface area contributed by atoms with Crippen molar-refractivity contribution in [3.05, 3.63) is 0 Å². The van der Waals surface area contributed by atoms with E-state index in [1.807, 2.05) is 0 Å². The van der Waals surface area contributed by atoms with Gasteiger partial charge in [0.05, 0.1) is 12.6 Å². The van der Waals surface area contributed by atoms with Crippen LogP contribution in [0.4, 0.5) is 0 Å².